The minimum atomic E-state index is -2.74. The molecule has 0 aliphatic carbocycles. The van der Waals surface area contributed by atoms with E-state index in [1.54, 1.807) is 6.92 Å². The standard InChI is InChI=1S/C5H9NO4S.K/c1-2-3-6-4(5(7)8)11(9)10;/h6H,2-3H2,1H3,(H,7,8);/q;+1/p-1. The minimum absolute atomic E-state index is 0. The van der Waals surface area contributed by atoms with Crippen molar-refractivity contribution in [1.29, 1.82) is 0 Å². The van der Waals surface area contributed by atoms with Crippen molar-refractivity contribution in [2.45, 2.75) is 13.3 Å². The van der Waals surface area contributed by atoms with Crippen LogP contribution in [0.15, 0.2) is 0 Å². The normalized spacial score (nSPS) is 8.42. The van der Waals surface area contributed by atoms with Gasteiger partial charge in [0.1, 0.15) is 0 Å². The van der Waals surface area contributed by atoms with Crippen molar-refractivity contribution in [3.8, 4) is 0 Å². The van der Waals surface area contributed by atoms with E-state index in [-0.39, 0.29) is 51.4 Å². The van der Waals surface area contributed by atoms with Crippen LogP contribution in [0.1, 0.15) is 13.3 Å². The molecule has 0 amide bonds. The number of hydrogen-bond donors (Lipinski definition) is 1. The summed E-state index contributed by atoms with van der Waals surface area (Å²) in [6.45, 7) is 2.09. The monoisotopic (exact) mass is 217 g/mol. The Morgan fingerprint density at radius 1 is 1.50 bits per heavy atom. The molecule has 0 heterocycles. The van der Waals surface area contributed by atoms with E-state index in [1.165, 1.54) is 0 Å². The molecule has 0 bridgehead atoms. The molecule has 0 spiro atoms. The predicted molar refractivity (Wildman–Crippen MR) is 37.2 cm³/mol. The van der Waals surface area contributed by atoms with Crippen LogP contribution in [0.25, 0.3) is 0 Å². The number of aliphatic carboxylic acids is 1. The molecule has 7 heteroatoms. The molecule has 0 aromatic heterocycles. The molecule has 0 unspecified atom stereocenters. The van der Waals surface area contributed by atoms with Crippen LogP contribution >= 0.6 is 0 Å². The first-order valence-electron chi connectivity index (χ1n) is 3.01. The molecule has 0 aliphatic rings. The van der Waals surface area contributed by atoms with Gasteiger partial charge in [0, 0.05) is 6.54 Å². The average molecular weight is 217 g/mol. The zero-order valence-electron chi connectivity index (χ0n) is 6.96. The van der Waals surface area contributed by atoms with Gasteiger partial charge in [-0.3, -0.25) is 5.32 Å². The molecule has 0 saturated heterocycles. The third kappa shape index (κ3) is 6.29. The van der Waals surface area contributed by atoms with E-state index in [9.17, 15) is 18.3 Å². The van der Waals surface area contributed by atoms with Crippen LogP contribution in [-0.4, -0.2) is 25.9 Å². The summed E-state index contributed by atoms with van der Waals surface area (Å²) < 4.78 is 20.3. The topological polar surface area (TPSA) is 86.3 Å². The molecule has 0 radical (unpaired) electrons. The molecule has 0 aromatic carbocycles. The first-order chi connectivity index (χ1) is 5.09. The summed E-state index contributed by atoms with van der Waals surface area (Å²) in [7, 11) is -2.74. The summed E-state index contributed by atoms with van der Waals surface area (Å²) in [5.74, 6) is -1.70. The third-order valence-corrected chi connectivity index (χ3v) is 1.53. The number of hydrogen-bond acceptors (Lipinski definition) is 4. The number of carboxylic acid groups (broad SMARTS) is 1. The van der Waals surface area contributed by atoms with Gasteiger partial charge in [0.25, 0.3) is 0 Å². The van der Waals surface area contributed by atoms with E-state index in [0.29, 0.717) is 13.0 Å². The Labute approximate surface area is 114 Å². The minimum Gasteiger partial charge on any atom is -0.543 e. The molecule has 0 atom stereocenters. The van der Waals surface area contributed by atoms with Crippen molar-refractivity contribution in [2.24, 2.45) is 0 Å². The molecule has 64 valence electrons. The number of carbonyl (C=O) groups excluding carboxylic acids is 1. The number of carbonyl (C=O) groups is 1. The molecule has 0 saturated carbocycles. The summed E-state index contributed by atoms with van der Waals surface area (Å²) in [5.41, 5.74) is 0. The van der Waals surface area contributed by atoms with Crippen molar-refractivity contribution in [3.63, 3.8) is 0 Å². The fourth-order valence-electron chi connectivity index (χ4n) is 0.438. The first kappa shape index (κ1) is 15.2. The molecule has 0 fully saturated rings. The van der Waals surface area contributed by atoms with Crippen LogP contribution in [-0.2, 0) is 15.1 Å². The quantitative estimate of drug-likeness (QED) is 0.369. The van der Waals surface area contributed by atoms with Crippen molar-refractivity contribution >= 4 is 21.3 Å². The maximum absolute atomic E-state index is 10.1. The zero-order chi connectivity index (χ0) is 8.85. The van der Waals surface area contributed by atoms with Gasteiger partial charge in [0.05, 0.1) is 5.97 Å². The number of carboxylic acids is 1. The number of rotatable bonds is 2. The second-order valence-electron chi connectivity index (χ2n) is 1.78. The molecule has 0 rings (SSSR count). The van der Waals surface area contributed by atoms with Crippen LogP contribution in [0.5, 0.6) is 0 Å². The Bertz CT molecular complexity index is 263. The second-order valence-corrected chi connectivity index (χ2v) is 2.66. The van der Waals surface area contributed by atoms with Crippen molar-refractivity contribution in [3.05, 3.63) is 0 Å². The van der Waals surface area contributed by atoms with Gasteiger partial charge in [0.15, 0.2) is 4.99 Å². The van der Waals surface area contributed by atoms with Gasteiger partial charge in [-0.1, -0.05) is 6.92 Å². The van der Waals surface area contributed by atoms with Gasteiger partial charge < -0.3 is 9.90 Å². The van der Waals surface area contributed by atoms with Crippen molar-refractivity contribution in [2.75, 3.05) is 6.54 Å². The summed E-state index contributed by atoms with van der Waals surface area (Å²) in [4.78, 5) is 9.26. The Morgan fingerprint density at radius 2 is 2.00 bits per heavy atom. The smallest absolute Gasteiger partial charge is 0.543 e. The SMILES string of the molecule is CCCNC(C(=O)[O-])=S(=O)=O.[K+]. The summed E-state index contributed by atoms with van der Waals surface area (Å²) in [6, 6.07) is 0. The van der Waals surface area contributed by atoms with Crippen LogP contribution in [0, 0.1) is 0 Å². The second kappa shape index (κ2) is 8.36. The van der Waals surface area contributed by atoms with Crippen LogP contribution < -0.4 is 61.8 Å². The fraction of sp³-hybridized carbons (Fsp3) is 0.600. The van der Waals surface area contributed by atoms with Gasteiger partial charge >= 0.3 is 51.4 Å². The summed E-state index contributed by atoms with van der Waals surface area (Å²) >= 11 is 0. The fourth-order valence-corrected chi connectivity index (χ4v) is 0.794. The van der Waals surface area contributed by atoms with Crippen molar-refractivity contribution < 1.29 is 69.7 Å². The van der Waals surface area contributed by atoms with Gasteiger partial charge in [-0.05, 0) is 6.42 Å². The van der Waals surface area contributed by atoms with E-state index < -0.39 is 21.3 Å². The van der Waals surface area contributed by atoms with Gasteiger partial charge in [-0.25, -0.2) is 0 Å². The molecule has 5 nitrogen and oxygen atoms in total. The van der Waals surface area contributed by atoms with Crippen LogP contribution in [0.3, 0.4) is 0 Å². The number of nitrogens with one attached hydrogen (secondary N) is 1. The molecule has 0 aliphatic heterocycles. The van der Waals surface area contributed by atoms with Crippen LogP contribution in [0.2, 0.25) is 0 Å². The Hall–Kier alpha value is 0.756. The first-order valence-corrected chi connectivity index (χ1v) is 4.08. The summed E-state index contributed by atoms with van der Waals surface area (Å²) in [5, 5.41) is 12.3. The van der Waals surface area contributed by atoms with Gasteiger partial charge in [-0.2, -0.15) is 8.42 Å². The largest absolute Gasteiger partial charge is 1.00 e. The van der Waals surface area contributed by atoms with E-state index in [0.717, 1.165) is 0 Å². The van der Waals surface area contributed by atoms with Gasteiger partial charge in [0.2, 0.25) is 10.3 Å². The summed E-state index contributed by atoms with van der Waals surface area (Å²) in [6.07, 6.45) is 0.647. The maximum atomic E-state index is 10.1. The average Bonchev–Trinajstić information content (AvgIpc) is 1.87. The van der Waals surface area contributed by atoms with E-state index in [4.69, 9.17) is 0 Å². The van der Waals surface area contributed by atoms with Crippen molar-refractivity contribution in [1.82, 2.24) is 5.32 Å². The Kier molecular flexibility index (Phi) is 10.6. The third-order valence-electron chi connectivity index (χ3n) is 0.888. The molecule has 0 aromatic rings. The Morgan fingerprint density at radius 3 is 2.25 bits per heavy atom. The maximum Gasteiger partial charge on any atom is 1.00 e. The van der Waals surface area contributed by atoms with E-state index in [1.807, 2.05) is 0 Å². The van der Waals surface area contributed by atoms with Gasteiger partial charge in [-0.15, -0.1) is 0 Å². The predicted octanol–water partition coefficient (Wildman–Crippen LogP) is -5.25. The van der Waals surface area contributed by atoms with E-state index >= 15 is 0 Å². The molecule has 1 N–H and O–H groups in total. The molecule has 12 heavy (non-hydrogen) atoms. The van der Waals surface area contributed by atoms with E-state index in [2.05, 4.69) is 5.32 Å². The molecular weight excluding hydrogens is 209 g/mol. The molecular formula is C5H8KNO4S. The Balaban J connectivity index is 0. The van der Waals surface area contributed by atoms with Crippen LogP contribution in [0.4, 0.5) is 0 Å². The zero-order valence-corrected chi connectivity index (χ0v) is 10.9.